The number of ether oxygens (including phenoxy) is 1. The number of benzene rings is 2. The van der Waals surface area contributed by atoms with Gasteiger partial charge >= 0.3 is 6.09 Å². The van der Waals surface area contributed by atoms with Crippen molar-refractivity contribution in [3.8, 4) is 16.2 Å². The van der Waals surface area contributed by atoms with Crippen LogP contribution in [0.1, 0.15) is 77.0 Å². The zero-order chi connectivity index (χ0) is 43.0. The van der Waals surface area contributed by atoms with Crippen LogP contribution in [0.3, 0.4) is 0 Å². The molecular weight excluding hydrogens is 808 g/mol. The van der Waals surface area contributed by atoms with Crippen molar-refractivity contribution < 1.29 is 38.5 Å². The summed E-state index contributed by atoms with van der Waals surface area (Å²) >= 11 is 3.20. The van der Waals surface area contributed by atoms with Crippen LogP contribution in [-0.4, -0.2) is 117 Å². The number of nitrogens with zero attached hydrogens (tertiary/aromatic N) is 3. The van der Waals surface area contributed by atoms with E-state index in [1.54, 1.807) is 49.4 Å². The molecular formula is C44H59FN6O7S2. The lowest BCUT2D eigenvalue weighted by Gasteiger charge is -2.35. The number of nitrogens with one attached hydrogen (secondary N) is 3. The van der Waals surface area contributed by atoms with Crippen molar-refractivity contribution in [3.63, 3.8) is 0 Å². The van der Waals surface area contributed by atoms with Gasteiger partial charge in [0.2, 0.25) is 11.8 Å². The molecule has 2 aliphatic heterocycles. The van der Waals surface area contributed by atoms with Crippen LogP contribution in [0.4, 0.5) is 9.18 Å². The summed E-state index contributed by atoms with van der Waals surface area (Å²) in [6, 6.07) is 13.7. The molecule has 0 unspecified atom stereocenters. The predicted molar refractivity (Wildman–Crippen MR) is 231 cm³/mol. The molecule has 3 fully saturated rings. The number of aliphatic hydroxyl groups excluding tert-OH is 1. The van der Waals surface area contributed by atoms with Crippen LogP contribution in [0.15, 0.2) is 58.9 Å². The fourth-order valence-electron chi connectivity index (χ4n) is 7.83. The summed E-state index contributed by atoms with van der Waals surface area (Å²) < 4.78 is 21.1. The highest BCUT2D eigenvalue weighted by atomic mass is 32.2. The van der Waals surface area contributed by atoms with E-state index in [9.17, 15) is 33.8 Å². The number of amides is 4. The first kappa shape index (κ1) is 45.3. The number of thioether (sulfide) groups is 1. The van der Waals surface area contributed by atoms with Crippen molar-refractivity contribution in [1.82, 2.24) is 30.7 Å². The summed E-state index contributed by atoms with van der Waals surface area (Å²) in [5.41, 5.74) is 1.69. The lowest BCUT2D eigenvalue weighted by Crippen LogP contribution is -2.59. The van der Waals surface area contributed by atoms with Crippen molar-refractivity contribution >= 4 is 46.9 Å². The average Bonchev–Trinajstić information content (AvgIpc) is 3.62. The SMILES string of the molecule is Cc1ncsc1-c1ccc(CNC(=O)[C@@H]2C[C@@H](O)CN2C(=O)[C@@H](NC(=O)C2(F)CC2)C(C)(C)C)c(OCCC2CCN(CC[C@H](CSc3ccccc3)NC(=O)O)CC2)c1. The second-order valence-electron chi connectivity index (χ2n) is 17.4. The molecule has 13 nitrogen and oxygen atoms in total. The summed E-state index contributed by atoms with van der Waals surface area (Å²) in [7, 11) is 0. The number of carbonyl (C=O) groups excluding carboxylic acids is 3. The number of aromatic nitrogens is 1. The molecule has 5 N–H and O–H groups in total. The summed E-state index contributed by atoms with van der Waals surface area (Å²) in [5.74, 6) is -0.0213. The Balaban J connectivity index is 1.03. The highest BCUT2D eigenvalue weighted by molar-refractivity contribution is 7.99. The predicted octanol–water partition coefficient (Wildman–Crippen LogP) is 6.03. The fourth-order valence-corrected chi connectivity index (χ4v) is 9.63. The average molecular weight is 867 g/mol. The molecule has 0 bridgehead atoms. The number of hydrogen-bond acceptors (Lipinski definition) is 10. The number of alkyl halides is 1. The van der Waals surface area contributed by atoms with Gasteiger partial charge in [0, 0.05) is 48.3 Å². The second kappa shape index (κ2) is 20.1. The molecule has 0 radical (unpaired) electrons. The van der Waals surface area contributed by atoms with Gasteiger partial charge in [-0.3, -0.25) is 14.4 Å². The van der Waals surface area contributed by atoms with Crippen LogP contribution in [0, 0.1) is 18.3 Å². The Bertz CT molecular complexity index is 1950. The minimum atomic E-state index is -1.97. The maximum atomic E-state index is 14.6. The van der Waals surface area contributed by atoms with E-state index in [-0.39, 0.29) is 38.4 Å². The Morgan fingerprint density at radius 3 is 2.47 bits per heavy atom. The van der Waals surface area contributed by atoms with Gasteiger partial charge in [-0.05, 0) is 93.6 Å². The normalized spacial score (nSPS) is 20.3. The molecule has 4 amide bonds. The maximum Gasteiger partial charge on any atom is 0.404 e. The van der Waals surface area contributed by atoms with Crippen LogP contribution in [0.25, 0.3) is 10.4 Å². The molecule has 2 saturated heterocycles. The van der Waals surface area contributed by atoms with Crippen molar-refractivity contribution in [2.75, 3.05) is 38.5 Å². The van der Waals surface area contributed by atoms with Crippen LogP contribution in [0.2, 0.25) is 0 Å². The van der Waals surface area contributed by atoms with E-state index in [0.717, 1.165) is 71.9 Å². The van der Waals surface area contributed by atoms with Gasteiger partial charge in [-0.2, -0.15) is 0 Å². The number of piperidine rings is 1. The molecule has 1 aromatic heterocycles. The Labute approximate surface area is 360 Å². The van der Waals surface area contributed by atoms with E-state index < -0.39 is 53.1 Å². The van der Waals surface area contributed by atoms with Crippen LogP contribution in [0.5, 0.6) is 5.75 Å². The highest BCUT2D eigenvalue weighted by Gasteiger charge is 2.53. The molecule has 1 saturated carbocycles. The molecule has 60 heavy (non-hydrogen) atoms. The second-order valence-corrected chi connectivity index (χ2v) is 19.4. The first-order valence-corrected chi connectivity index (χ1v) is 22.8. The Morgan fingerprint density at radius 1 is 1.08 bits per heavy atom. The number of halogens is 1. The van der Waals surface area contributed by atoms with E-state index >= 15 is 0 Å². The van der Waals surface area contributed by atoms with Gasteiger partial charge in [-0.25, -0.2) is 14.2 Å². The van der Waals surface area contributed by atoms with Gasteiger partial charge in [0.25, 0.3) is 5.91 Å². The van der Waals surface area contributed by atoms with Crippen molar-refractivity contribution in [1.29, 1.82) is 0 Å². The lowest BCUT2D eigenvalue weighted by atomic mass is 9.85. The zero-order valence-electron chi connectivity index (χ0n) is 35.0. The molecule has 6 rings (SSSR count). The van der Waals surface area contributed by atoms with E-state index in [1.165, 1.54) is 4.90 Å². The summed E-state index contributed by atoms with van der Waals surface area (Å²) in [5, 5.41) is 28.3. The standard InChI is InChI=1S/C44H59FN6O7S2/c1-28-37(60-27-47-28)30-10-11-31(24-46-39(53)35-23-33(52)25-51(35)40(54)38(43(2,3)4)49-41(55)44(45)16-17-44)36(22-30)58-21-15-29-12-18-50(19-13-29)20-14-32(48-42(56)57)26-59-34-8-6-5-7-9-34/h5-11,22,27,29,32-33,35,38,48,52H,12-21,23-26H2,1-4H3,(H,46,53)(H,49,55)(H,56,57)/t32-,33-,35+,38-/m1/s1. The third-order valence-corrected chi connectivity index (χ3v) is 13.8. The number of rotatable bonds is 18. The number of thiazole rings is 1. The molecule has 3 heterocycles. The third-order valence-electron chi connectivity index (χ3n) is 11.7. The largest absolute Gasteiger partial charge is 0.493 e. The van der Waals surface area contributed by atoms with E-state index in [4.69, 9.17) is 4.74 Å². The summed E-state index contributed by atoms with van der Waals surface area (Å²) in [4.78, 5) is 62.1. The number of carbonyl (C=O) groups is 4. The Morgan fingerprint density at radius 2 is 1.82 bits per heavy atom. The summed E-state index contributed by atoms with van der Waals surface area (Å²) in [6.07, 6.45) is 1.94. The van der Waals surface area contributed by atoms with Gasteiger partial charge in [-0.1, -0.05) is 51.1 Å². The van der Waals surface area contributed by atoms with Crippen LogP contribution < -0.4 is 20.7 Å². The van der Waals surface area contributed by atoms with E-state index in [2.05, 4.69) is 25.8 Å². The van der Waals surface area contributed by atoms with Gasteiger partial charge in [-0.15, -0.1) is 23.1 Å². The van der Waals surface area contributed by atoms with Crippen molar-refractivity contribution in [2.45, 2.75) is 114 Å². The number of carboxylic acid groups (broad SMARTS) is 1. The monoisotopic (exact) mass is 866 g/mol. The first-order valence-electron chi connectivity index (χ1n) is 20.9. The van der Waals surface area contributed by atoms with Gasteiger partial charge < -0.3 is 40.7 Å². The lowest BCUT2D eigenvalue weighted by molar-refractivity contribution is -0.145. The van der Waals surface area contributed by atoms with Crippen LogP contribution >= 0.6 is 23.1 Å². The smallest absolute Gasteiger partial charge is 0.404 e. The summed E-state index contributed by atoms with van der Waals surface area (Å²) in [6.45, 7) is 10.5. The third kappa shape index (κ3) is 12.2. The quantitative estimate of drug-likeness (QED) is 0.0952. The van der Waals surface area contributed by atoms with E-state index in [1.807, 2.05) is 55.5 Å². The minimum absolute atomic E-state index is 0.0360. The number of likely N-dealkylation sites (tertiary alicyclic amines) is 2. The molecule has 3 aromatic rings. The molecule has 2 aromatic carbocycles. The van der Waals surface area contributed by atoms with Gasteiger partial charge in [0.1, 0.15) is 17.8 Å². The Hall–Kier alpha value is -4.25. The number of hydrogen-bond donors (Lipinski definition) is 5. The maximum absolute atomic E-state index is 14.6. The Kier molecular flexibility index (Phi) is 15.2. The van der Waals surface area contributed by atoms with Gasteiger partial charge in [0.15, 0.2) is 5.67 Å². The minimum Gasteiger partial charge on any atom is -0.493 e. The fraction of sp³-hybridized carbons (Fsp3) is 0.568. The van der Waals surface area contributed by atoms with E-state index in [0.29, 0.717) is 24.0 Å². The number of aliphatic hydroxyl groups is 1. The molecule has 4 atom stereocenters. The first-order chi connectivity index (χ1) is 28.6. The molecule has 16 heteroatoms. The molecule has 1 aliphatic carbocycles. The van der Waals surface area contributed by atoms with Crippen molar-refractivity contribution in [3.05, 3.63) is 65.3 Å². The highest BCUT2D eigenvalue weighted by Crippen LogP contribution is 2.40. The number of aryl methyl sites for hydroxylation is 1. The molecule has 326 valence electrons. The van der Waals surface area contributed by atoms with Crippen molar-refractivity contribution in [2.24, 2.45) is 11.3 Å². The molecule has 3 aliphatic rings. The van der Waals surface area contributed by atoms with Crippen LogP contribution in [-0.2, 0) is 20.9 Å². The van der Waals surface area contributed by atoms with Gasteiger partial charge in [0.05, 0.1) is 28.8 Å². The molecule has 0 spiro atoms. The topological polar surface area (TPSA) is 173 Å². The zero-order valence-corrected chi connectivity index (χ0v) is 36.6. The number of β-amino-alcohol motifs (C(OH)–C–C–N with tert-alkyl or cyclic N) is 1.